The number of halogens is 1. The summed E-state index contributed by atoms with van der Waals surface area (Å²) in [4.78, 5) is 13.1. The summed E-state index contributed by atoms with van der Waals surface area (Å²) in [5.41, 5.74) is 0.569. The number of unbranched alkanes of at least 4 members (excludes halogenated alkanes) is 2. The van der Waals surface area contributed by atoms with Gasteiger partial charge in [0.1, 0.15) is 5.69 Å². The first-order chi connectivity index (χ1) is 11.1. The fourth-order valence-corrected chi connectivity index (χ4v) is 2.61. The van der Waals surface area contributed by atoms with Gasteiger partial charge in [0, 0.05) is 17.6 Å². The fraction of sp³-hybridized carbons (Fsp3) is 0.647. The van der Waals surface area contributed by atoms with E-state index in [4.69, 9.17) is 11.6 Å². The first-order valence-corrected chi connectivity index (χ1v) is 8.86. The van der Waals surface area contributed by atoms with E-state index in [0.29, 0.717) is 17.3 Å². The summed E-state index contributed by atoms with van der Waals surface area (Å²) in [7, 11) is 0. The SMILES string of the molecule is CCCCN(CCCC)CCCNc1cc(Cl)ccc1[N+](=O)[O-]. The molecule has 1 aromatic carbocycles. The van der Waals surface area contributed by atoms with Crippen molar-refractivity contribution in [2.45, 2.75) is 46.0 Å². The molecule has 0 aliphatic carbocycles. The first-order valence-electron chi connectivity index (χ1n) is 8.48. The molecule has 0 radical (unpaired) electrons. The van der Waals surface area contributed by atoms with Crippen LogP contribution in [0.25, 0.3) is 0 Å². The zero-order chi connectivity index (χ0) is 17.1. The molecule has 6 heteroatoms. The summed E-state index contributed by atoms with van der Waals surface area (Å²) < 4.78 is 0. The Hall–Kier alpha value is -1.33. The zero-order valence-corrected chi connectivity index (χ0v) is 14.9. The molecular weight excluding hydrogens is 314 g/mol. The normalized spacial score (nSPS) is 11.0. The molecule has 0 saturated carbocycles. The van der Waals surface area contributed by atoms with Crippen LogP contribution in [0.4, 0.5) is 11.4 Å². The van der Waals surface area contributed by atoms with Crippen molar-refractivity contribution in [2.24, 2.45) is 0 Å². The van der Waals surface area contributed by atoms with E-state index in [9.17, 15) is 10.1 Å². The Morgan fingerprint density at radius 1 is 1.13 bits per heavy atom. The van der Waals surface area contributed by atoms with Crippen molar-refractivity contribution in [3.8, 4) is 0 Å². The number of nitro benzene ring substituents is 1. The highest BCUT2D eigenvalue weighted by atomic mass is 35.5. The molecule has 0 fully saturated rings. The minimum atomic E-state index is -0.381. The summed E-state index contributed by atoms with van der Waals surface area (Å²) in [6, 6.07) is 4.60. The molecule has 0 spiro atoms. The average molecular weight is 342 g/mol. The van der Waals surface area contributed by atoms with Crippen molar-refractivity contribution in [1.82, 2.24) is 4.90 Å². The lowest BCUT2D eigenvalue weighted by Crippen LogP contribution is -2.28. The van der Waals surface area contributed by atoms with Gasteiger partial charge < -0.3 is 10.2 Å². The third kappa shape index (κ3) is 7.66. The van der Waals surface area contributed by atoms with Crippen LogP contribution in [0.3, 0.4) is 0 Å². The summed E-state index contributed by atoms with van der Waals surface area (Å²) in [5, 5.41) is 14.7. The second kappa shape index (κ2) is 11.2. The van der Waals surface area contributed by atoms with Gasteiger partial charge in [-0.1, -0.05) is 38.3 Å². The predicted molar refractivity (Wildman–Crippen MR) is 97.5 cm³/mol. The van der Waals surface area contributed by atoms with Gasteiger partial charge in [0.25, 0.3) is 5.69 Å². The Kier molecular flexibility index (Phi) is 9.64. The lowest BCUT2D eigenvalue weighted by Gasteiger charge is -2.22. The topological polar surface area (TPSA) is 58.4 Å². The van der Waals surface area contributed by atoms with Gasteiger partial charge in [-0.05, 0) is 51.0 Å². The Morgan fingerprint density at radius 2 is 1.74 bits per heavy atom. The molecule has 0 aromatic heterocycles. The number of nitro groups is 1. The van der Waals surface area contributed by atoms with E-state index in [0.717, 1.165) is 26.1 Å². The third-order valence-corrected chi connectivity index (χ3v) is 4.01. The van der Waals surface area contributed by atoms with Crippen LogP contribution in [0.15, 0.2) is 18.2 Å². The molecule has 0 unspecified atom stereocenters. The van der Waals surface area contributed by atoms with Gasteiger partial charge in [0.2, 0.25) is 0 Å². The molecule has 0 atom stereocenters. The molecule has 0 aliphatic heterocycles. The highest BCUT2D eigenvalue weighted by molar-refractivity contribution is 6.31. The molecule has 0 heterocycles. The van der Waals surface area contributed by atoms with Gasteiger partial charge in [-0.25, -0.2) is 0 Å². The molecule has 1 N–H and O–H groups in total. The van der Waals surface area contributed by atoms with Crippen molar-refractivity contribution >= 4 is 23.0 Å². The van der Waals surface area contributed by atoms with E-state index in [-0.39, 0.29) is 10.6 Å². The van der Waals surface area contributed by atoms with E-state index in [1.165, 1.54) is 31.7 Å². The summed E-state index contributed by atoms with van der Waals surface area (Å²) in [6.45, 7) is 8.40. The molecular formula is C17H28ClN3O2. The van der Waals surface area contributed by atoms with Crippen molar-refractivity contribution < 1.29 is 4.92 Å². The van der Waals surface area contributed by atoms with Crippen LogP contribution in [0, 0.1) is 10.1 Å². The smallest absolute Gasteiger partial charge is 0.292 e. The maximum atomic E-state index is 11.0. The quantitative estimate of drug-likeness (QED) is 0.332. The van der Waals surface area contributed by atoms with Crippen molar-refractivity contribution in [3.63, 3.8) is 0 Å². The number of nitrogens with one attached hydrogen (secondary N) is 1. The number of nitrogens with zero attached hydrogens (tertiary/aromatic N) is 2. The van der Waals surface area contributed by atoms with Crippen molar-refractivity contribution in [1.29, 1.82) is 0 Å². The second-order valence-electron chi connectivity index (χ2n) is 5.75. The van der Waals surface area contributed by atoms with E-state index in [2.05, 4.69) is 24.1 Å². The minimum Gasteiger partial charge on any atom is -0.379 e. The minimum absolute atomic E-state index is 0.0724. The van der Waals surface area contributed by atoms with Crippen LogP contribution in [-0.4, -0.2) is 36.0 Å². The van der Waals surface area contributed by atoms with Crippen LogP contribution >= 0.6 is 11.6 Å². The molecule has 0 bridgehead atoms. The van der Waals surface area contributed by atoms with Gasteiger partial charge >= 0.3 is 0 Å². The lowest BCUT2D eigenvalue weighted by molar-refractivity contribution is -0.384. The predicted octanol–water partition coefficient (Wildman–Crippen LogP) is 4.95. The van der Waals surface area contributed by atoms with E-state index in [1.54, 1.807) is 12.1 Å². The monoisotopic (exact) mass is 341 g/mol. The Bertz CT molecular complexity index is 475. The van der Waals surface area contributed by atoms with Gasteiger partial charge in [-0.3, -0.25) is 10.1 Å². The van der Waals surface area contributed by atoms with Crippen LogP contribution in [0.2, 0.25) is 5.02 Å². The lowest BCUT2D eigenvalue weighted by atomic mass is 10.2. The van der Waals surface area contributed by atoms with Crippen molar-refractivity contribution in [2.75, 3.05) is 31.5 Å². The molecule has 0 saturated heterocycles. The fourth-order valence-electron chi connectivity index (χ4n) is 2.43. The molecule has 1 rings (SSSR count). The van der Waals surface area contributed by atoms with Gasteiger partial charge in [-0.15, -0.1) is 0 Å². The zero-order valence-electron chi connectivity index (χ0n) is 14.2. The van der Waals surface area contributed by atoms with Gasteiger partial charge in [0.15, 0.2) is 0 Å². The first kappa shape index (κ1) is 19.7. The highest BCUT2D eigenvalue weighted by Gasteiger charge is 2.13. The van der Waals surface area contributed by atoms with Crippen LogP contribution in [-0.2, 0) is 0 Å². The maximum Gasteiger partial charge on any atom is 0.292 e. The van der Waals surface area contributed by atoms with Gasteiger partial charge in [0.05, 0.1) is 4.92 Å². The number of anilines is 1. The van der Waals surface area contributed by atoms with Gasteiger partial charge in [-0.2, -0.15) is 0 Å². The van der Waals surface area contributed by atoms with Crippen LogP contribution in [0.1, 0.15) is 46.0 Å². The molecule has 5 nitrogen and oxygen atoms in total. The Labute approximate surface area is 144 Å². The largest absolute Gasteiger partial charge is 0.379 e. The second-order valence-corrected chi connectivity index (χ2v) is 6.18. The summed E-state index contributed by atoms with van der Waals surface area (Å²) in [6.07, 6.45) is 5.80. The van der Waals surface area contributed by atoms with Crippen LogP contribution in [0.5, 0.6) is 0 Å². The summed E-state index contributed by atoms with van der Waals surface area (Å²) in [5.74, 6) is 0. The molecule has 130 valence electrons. The number of rotatable bonds is 12. The van der Waals surface area contributed by atoms with Crippen molar-refractivity contribution in [3.05, 3.63) is 33.3 Å². The van der Waals surface area contributed by atoms with E-state index >= 15 is 0 Å². The Morgan fingerprint density at radius 3 is 2.30 bits per heavy atom. The Balaban J connectivity index is 2.45. The number of hydrogen-bond acceptors (Lipinski definition) is 4. The average Bonchev–Trinajstić information content (AvgIpc) is 2.53. The molecule has 0 amide bonds. The maximum absolute atomic E-state index is 11.0. The van der Waals surface area contributed by atoms with E-state index < -0.39 is 0 Å². The standard InChI is InChI=1S/C17H28ClN3O2/c1-3-5-11-20(12-6-4-2)13-7-10-19-16-14-15(18)8-9-17(16)21(22)23/h8-9,14,19H,3-7,10-13H2,1-2H3. The molecule has 0 aliphatic rings. The third-order valence-electron chi connectivity index (χ3n) is 3.78. The molecule has 23 heavy (non-hydrogen) atoms. The molecule has 1 aromatic rings. The van der Waals surface area contributed by atoms with Crippen LogP contribution < -0.4 is 5.32 Å². The van der Waals surface area contributed by atoms with E-state index in [1.807, 2.05) is 0 Å². The highest BCUT2D eigenvalue weighted by Crippen LogP contribution is 2.27. The number of benzene rings is 1. The number of hydrogen-bond donors (Lipinski definition) is 1. The summed E-state index contributed by atoms with van der Waals surface area (Å²) >= 11 is 5.93.